The van der Waals surface area contributed by atoms with Crippen LogP contribution < -0.4 is 0 Å². The fourth-order valence-electron chi connectivity index (χ4n) is 4.33. The van der Waals surface area contributed by atoms with Crippen LogP contribution in [0.2, 0.25) is 0 Å². The molecule has 0 bridgehead atoms. The second kappa shape index (κ2) is 9.88. The summed E-state index contributed by atoms with van der Waals surface area (Å²) in [6, 6.07) is 0. The fraction of sp³-hybridized carbons (Fsp3) is 0.842. The van der Waals surface area contributed by atoms with E-state index in [9.17, 15) is 25.2 Å². The summed E-state index contributed by atoms with van der Waals surface area (Å²) in [5, 5.41) is 39.3. The first-order valence-corrected chi connectivity index (χ1v) is 9.86. The molecule has 11 nitrogen and oxygen atoms in total. The zero-order valence-corrected chi connectivity index (χ0v) is 17.1. The van der Waals surface area contributed by atoms with Crippen molar-refractivity contribution in [3.05, 3.63) is 11.8 Å². The maximum Gasteiger partial charge on any atom is 0.337 e. The smallest absolute Gasteiger partial charge is 0.337 e. The van der Waals surface area contributed by atoms with Gasteiger partial charge in [0.2, 0.25) is 0 Å². The number of aliphatic hydroxyl groups excluding tert-OH is 4. The summed E-state index contributed by atoms with van der Waals surface area (Å²) < 4.78 is 32.8. The third kappa shape index (κ3) is 4.48. The predicted molar refractivity (Wildman–Crippen MR) is 97.6 cm³/mol. The van der Waals surface area contributed by atoms with Crippen molar-refractivity contribution in [3.8, 4) is 0 Å². The number of rotatable bonds is 6. The summed E-state index contributed by atoms with van der Waals surface area (Å²) in [5.74, 6) is -1.04. The van der Waals surface area contributed by atoms with Crippen LogP contribution in [0.5, 0.6) is 0 Å². The highest BCUT2D eigenvalue weighted by molar-refractivity contribution is 5.88. The van der Waals surface area contributed by atoms with Crippen LogP contribution >= 0.6 is 0 Å². The average Bonchev–Trinajstić information content (AvgIpc) is 2.76. The summed E-state index contributed by atoms with van der Waals surface area (Å²) in [7, 11) is 2.82. The van der Waals surface area contributed by atoms with E-state index in [4.69, 9.17) is 28.4 Å². The van der Waals surface area contributed by atoms with Gasteiger partial charge < -0.3 is 48.8 Å². The Labute approximate surface area is 174 Å². The van der Waals surface area contributed by atoms with Crippen LogP contribution in [-0.2, 0) is 33.2 Å². The van der Waals surface area contributed by atoms with Crippen LogP contribution in [0.3, 0.4) is 0 Å². The van der Waals surface area contributed by atoms with Crippen LogP contribution in [0.15, 0.2) is 11.8 Å². The van der Waals surface area contributed by atoms with Gasteiger partial charge in [0.1, 0.15) is 30.5 Å². The number of fused-ring (bicyclic) bond motifs is 1. The molecule has 10 atom stereocenters. The Morgan fingerprint density at radius 1 is 1.13 bits per heavy atom. The van der Waals surface area contributed by atoms with Crippen LogP contribution in [0.4, 0.5) is 0 Å². The van der Waals surface area contributed by atoms with E-state index in [0.717, 1.165) is 0 Å². The highest BCUT2D eigenvalue weighted by atomic mass is 16.7. The van der Waals surface area contributed by atoms with Gasteiger partial charge in [0.25, 0.3) is 0 Å². The van der Waals surface area contributed by atoms with Gasteiger partial charge in [0, 0.05) is 25.4 Å². The van der Waals surface area contributed by atoms with E-state index in [1.807, 2.05) is 6.92 Å². The van der Waals surface area contributed by atoms with E-state index in [1.165, 1.54) is 20.5 Å². The van der Waals surface area contributed by atoms with E-state index in [1.54, 1.807) is 0 Å². The van der Waals surface area contributed by atoms with Gasteiger partial charge >= 0.3 is 5.97 Å². The maximum atomic E-state index is 12.2. The monoisotopic (exact) mass is 434 g/mol. The van der Waals surface area contributed by atoms with Gasteiger partial charge in [-0.15, -0.1) is 0 Å². The molecule has 172 valence electrons. The minimum atomic E-state index is -1.54. The Bertz CT molecular complexity index is 624. The van der Waals surface area contributed by atoms with Gasteiger partial charge in [-0.1, -0.05) is 0 Å². The van der Waals surface area contributed by atoms with Gasteiger partial charge in [-0.2, -0.15) is 0 Å². The first-order valence-electron chi connectivity index (χ1n) is 9.86. The Hall–Kier alpha value is -1.31. The molecule has 0 aromatic heterocycles. The Balaban J connectivity index is 1.73. The molecule has 2 saturated heterocycles. The van der Waals surface area contributed by atoms with Crippen LogP contribution in [-0.4, -0.2) is 103 Å². The molecule has 0 aromatic rings. The SMILES string of the molecule is COC(=O)C1=CO[C@@H](CO[C@@H]2O[C@H](CO)[C@@H](O)[C@H](O)[C@H]2O)[C@@H]2[C@H](C)O[C@H](OC)C[C@H]12. The van der Waals surface area contributed by atoms with Gasteiger partial charge in [0.05, 0.1) is 38.3 Å². The van der Waals surface area contributed by atoms with E-state index in [-0.39, 0.29) is 24.5 Å². The van der Waals surface area contributed by atoms with Gasteiger partial charge in [-0.25, -0.2) is 4.79 Å². The van der Waals surface area contributed by atoms with Gasteiger partial charge in [-0.3, -0.25) is 0 Å². The quantitative estimate of drug-likeness (QED) is 0.353. The average molecular weight is 434 g/mol. The third-order valence-electron chi connectivity index (χ3n) is 5.98. The fourth-order valence-corrected chi connectivity index (χ4v) is 4.33. The van der Waals surface area contributed by atoms with E-state index < -0.39 is 55.7 Å². The second-order valence-electron chi connectivity index (χ2n) is 7.70. The molecule has 11 heteroatoms. The molecule has 0 saturated carbocycles. The van der Waals surface area contributed by atoms with Crippen molar-refractivity contribution >= 4 is 5.97 Å². The number of hydrogen-bond acceptors (Lipinski definition) is 11. The molecule has 3 aliphatic rings. The normalized spacial score (nSPS) is 43.9. The number of hydrogen-bond donors (Lipinski definition) is 4. The number of methoxy groups -OCH3 is 2. The van der Waals surface area contributed by atoms with Crippen molar-refractivity contribution in [1.29, 1.82) is 0 Å². The third-order valence-corrected chi connectivity index (χ3v) is 5.98. The van der Waals surface area contributed by atoms with Gasteiger partial charge in [0.15, 0.2) is 12.6 Å². The molecule has 2 fully saturated rings. The lowest BCUT2D eigenvalue weighted by Crippen LogP contribution is -2.59. The minimum Gasteiger partial charge on any atom is -0.495 e. The molecule has 3 rings (SSSR count). The van der Waals surface area contributed by atoms with Crippen LogP contribution in [0, 0.1) is 11.8 Å². The van der Waals surface area contributed by atoms with Crippen molar-refractivity contribution in [2.75, 3.05) is 27.4 Å². The first kappa shape index (κ1) is 23.4. The van der Waals surface area contributed by atoms with Crippen molar-refractivity contribution in [2.24, 2.45) is 11.8 Å². The number of aliphatic hydroxyl groups is 4. The summed E-state index contributed by atoms with van der Waals surface area (Å²) in [4.78, 5) is 12.2. The number of carbonyl (C=O) groups excluding carboxylic acids is 1. The van der Waals surface area contributed by atoms with E-state index >= 15 is 0 Å². The molecule has 3 heterocycles. The molecule has 0 aromatic carbocycles. The minimum absolute atomic E-state index is 0.0554. The standard InChI is InChI=1S/C19H30O11/c1-8-14-9(4-13(25-2)29-8)10(18(24)26-3)6-27-12(14)7-28-19-17(23)16(22)15(21)11(5-20)30-19/h6,8-9,11-17,19-23H,4-5,7H2,1-3H3/t8-,9+,11+,12-,13-,14+,15+,16-,17+,19+/m0/s1. The molecule has 0 radical (unpaired) electrons. The second-order valence-corrected chi connectivity index (χ2v) is 7.70. The van der Waals surface area contributed by atoms with Crippen LogP contribution in [0.25, 0.3) is 0 Å². The largest absolute Gasteiger partial charge is 0.495 e. The lowest BCUT2D eigenvalue weighted by Gasteiger charge is -2.46. The molecule has 0 aliphatic carbocycles. The summed E-state index contributed by atoms with van der Waals surface area (Å²) in [5.41, 5.74) is 0.379. The van der Waals surface area contributed by atoms with Crippen molar-refractivity contribution in [1.82, 2.24) is 0 Å². The maximum absolute atomic E-state index is 12.2. The molecule has 30 heavy (non-hydrogen) atoms. The first-order chi connectivity index (χ1) is 14.3. The summed E-state index contributed by atoms with van der Waals surface area (Å²) >= 11 is 0. The highest BCUT2D eigenvalue weighted by Gasteiger charge is 2.49. The number of carbonyl (C=O) groups is 1. The Morgan fingerprint density at radius 2 is 1.87 bits per heavy atom. The Morgan fingerprint density at radius 3 is 2.50 bits per heavy atom. The summed E-state index contributed by atoms with van der Waals surface area (Å²) in [6.45, 7) is 1.23. The molecule has 0 spiro atoms. The lowest BCUT2D eigenvalue weighted by atomic mass is 9.74. The zero-order valence-electron chi connectivity index (χ0n) is 17.1. The predicted octanol–water partition coefficient (Wildman–Crippen LogP) is -1.73. The molecular formula is C19H30O11. The summed E-state index contributed by atoms with van der Waals surface area (Å²) in [6.07, 6.45) is -6.48. The van der Waals surface area contributed by atoms with Gasteiger partial charge in [-0.05, 0) is 6.92 Å². The molecule has 0 amide bonds. The van der Waals surface area contributed by atoms with Crippen molar-refractivity contribution < 1.29 is 53.6 Å². The molecule has 3 aliphatic heterocycles. The molecule has 0 unspecified atom stereocenters. The van der Waals surface area contributed by atoms with E-state index in [2.05, 4.69) is 0 Å². The molecule has 4 N–H and O–H groups in total. The van der Waals surface area contributed by atoms with E-state index in [0.29, 0.717) is 12.0 Å². The molecular weight excluding hydrogens is 404 g/mol. The highest BCUT2D eigenvalue weighted by Crippen LogP contribution is 2.42. The Kier molecular flexibility index (Phi) is 7.69. The number of esters is 1. The number of ether oxygens (including phenoxy) is 6. The van der Waals surface area contributed by atoms with Crippen molar-refractivity contribution in [3.63, 3.8) is 0 Å². The topological polar surface area (TPSA) is 153 Å². The zero-order chi connectivity index (χ0) is 22.0. The lowest BCUT2D eigenvalue weighted by molar-refractivity contribution is -0.308. The van der Waals surface area contributed by atoms with Crippen molar-refractivity contribution in [2.45, 2.75) is 62.5 Å². The van der Waals surface area contributed by atoms with Crippen LogP contribution in [0.1, 0.15) is 13.3 Å².